The third-order valence-electron chi connectivity index (χ3n) is 1.09. The molecule has 0 saturated carbocycles. The van der Waals surface area contributed by atoms with Gasteiger partial charge in [0, 0.05) is 13.7 Å². The zero-order valence-corrected chi connectivity index (χ0v) is 9.14. The van der Waals surface area contributed by atoms with Crippen LogP contribution in [0, 0.1) is 0 Å². The first-order chi connectivity index (χ1) is 5.39. The Balaban J connectivity index is 4.23. The van der Waals surface area contributed by atoms with Gasteiger partial charge in [0.1, 0.15) is 0 Å². The summed E-state index contributed by atoms with van der Waals surface area (Å²) in [5.41, 5.74) is 0. The standard InChI is InChI=1S/C8H16O3Si/c1-7(2)10-12(6,9-5)11-8(3)4/h1,3H2,2,4-6H3. The molecule has 0 radical (unpaired) electrons. The Morgan fingerprint density at radius 1 is 1.08 bits per heavy atom. The summed E-state index contributed by atoms with van der Waals surface area (Å²) >= 11 is 0. The lowest BCUT2D eigenvalue weighted by Crippen LogP contribution is -2.40. The first kappa shape index (κ1) is 11.3. The van der Waals surface area contributed by atoms with Crippen LogP contribution in [-0.2, 0) is 13.3 Å². The van der Waals surface area contributed by atoms with Gasteiger partial charge in [0.05, 0.1) is 11.5 Å². The second kappa shape index (κ2) is 4.32. The van der Waals surface area contributed by atoms with Gasteiger partial charge in [-0.2, -0.15) is 0 Å². The van der Waals surface area contributed by atoms with Gasteiger partial charge >= 0.3 is 8.80 Å². The average molecular weight is 188 g/mol. The predicted octanol–water partition coefficient (Wildman–Crippen LogP) is 2.30. The van der Waals surface area contributed by atoms with Crippen LogP contribution < -0.4 is 0 Å². The van der Waals surface area contributed by atoms with E-state index in [9.17, 15) is 0 Å². The lowest BCUT2D eigenvalue weighted by Gasteiger charge is -2.25. The normalized spacial score (nSPS) is 10.7. The highest BCUT2D eigenvalue weighted by molar-refractivity contribution is 6.59. The topological polar surface area (TPSA) is 27.7 Å². The molecule has 4 heteroatoms. The van der Waals surface area contributed by atoms with E-state index in [1.165, 1.54) is 0 Å². The van der Waals surface area contributed by atoms with Crippen molar-refractivity contribution >= 4 is 8.80 Å². The molecule has 12 heavy (non-hydrogen) atoms. The molecular weight excluding hydrogens is 172 g/mol. The van der Waals surface area contributed by atoms with Crippen LogP contribution in [0.25, 0.3) is 0 Å². The van der Waals surface area contributed by atoms with Crippen molar-refractivity contribution < 1.29 is 13.3 Å². The maximum atomic E-state index is 5.34. The van der Waals surface area contributed by atoms with E-state index in [-0.39, 0.29) is 0 Å². The average Bonchev–Trinajstić information content (AvgIpc) is 1.83. The van der Waals surface area contributed by atoms with Crippen LogP contribution >= 0.6 is 0 Å². The minimum absolute atomic E-state index is 0.590. The Morgan fingerprint density at radius 2 is 1.42 bits per heavy atom. The van der Waals surface area contributed by atoms with Crippen molar-refractivity contribution in [1.82, 2.24) is 0 Å². The minimum Gasteiger partial charge on any atom is -0.497 e. The molecule has 0 aromatic carbocycles. The summed E-state index contributed by atoms with van der Waals surface area (Å²) < 4.78 is 15.8. The van der Waals surface area contributed by atoms with E-state index in [2.05, 4.69) is 13.2 Å². The van der Waals surface area contributed by atoms with E-state index in [1.807, 2.05) is 0 Å². The second-order valence-corrected chi connectivity index (χ2v) is 5.22. The molecule has 0 atom stereocenters. The Hall–Kier alpha value is -0.743. The highest BCUT2D eigenvalue weighted by Crippen LogP contribution is 2.14. The fraction of sp³-hybridized carbons (Fsp3) is 0.500. The molecule has 3 nitrogen and oxygen atoms in total. The van der Waals surface area contributed by atoms with Gasteiger partial charge in [-0.1, -0.05) is 13.2 Å². The van der Waals surface area contributed by atoms with Crippen molar-refractivity contribution in [2.45, 2.75) is 20.4 Å². The first-order valence-electron chi connectivity index (χ1n) is 3.64. The molecule has 0 saturated heterocycles. The van der Waals surface area contributed by atoms with Crippen molar-refractivity contribution in [3.63, 3.8) is 0 Å². The Morgan fingerprint density at radius 3 is 1.58 bits per heavy atom. The summed E-state index contributed by atoms with van der Waals surface area (Å²) in [7, 11) is -0.995. The molecule has 70 valence electrons. The fourth-order valence-corrected chi connectivity index (χ4v) is 2.21. The number of rotatable bonds is 5. The second-order valence-electron chi connectivity index (χ2n) is 2.67. The summed E-state index contributed by atoms with van der Waals surface area (Å²) in [6.07, 6.45) is 0. The first-order valence-corrected chi connectivity index (χ1v) is 5.86. The summed E-state index contributed by atoms with van der Waals surface area (Å²) in [4.78, 5) is 0. The zero-order valence-electron chi connectivity index (χ0n) is 8.14. The van der Waals surface area contributed by atoms with Crippen molar-refractivity contribution in [3.05, 3.63) is 24.7 Å². The molecule has 0 aliphatic heterocycles. The lowest BCUT2D eigenvalue weighted by molar-refractivity contribution is 0.145. The zero-order chi connectivity index (χ0) is 9.78. The molecular formula is C8H16O3Si. The van der Waals surface area contributed by atoms with E-state index >= 15 is 0 Å². The third-order valence-corrected chi connectivity index (χ3v) is 3.27. The fourth-order valence-electron chi connectivity index (χ4n) is 0.737. The molecule has 0 aliphatic rings. The molecule has 0 bridgehead atoms. The molecule has 0 aromatic heterocycles. The molecule has 0 fully saturated rings. The van der Waals surface area contributed by atoms with Gasteiger partial charge in [0.15, 0.2) is 0 Å². The molecule has 0 spiro atoms. The van der Waals surface area contributed by atoms with Crippen LogP contribution in [0.2, 0.25) is 6.55 Å². The van der Waals surface area contributed by atoms with E-state index in [4.69, 9.17) is 13.3 Å². The van der Waals surface area contributed by atoms with Crippen LogP contribution in [0.4, 0.5) is 0 Å². The predicted molar refractivity (Wildman–Crippen MR) is 50.4 cm³/mol. The van der Waals surface area contributed by atoms with Crippen LogP contribution in [0.1, 0.15) is 13.8 Å². The van der Waals surface area contributed by atoms with Crippen LogP contribution in [0.3, 0.4) is 0 Å². The lowest BCUT2D eigenvalue weighted by atomic mass is 10.7. The molecule has 0 amide bonds. The largest absolute Gasteiger partial charge is 0.628 e. The summed E-state index contributed by atoms with van der Waals surface area (Å²) in [5, 5.41) is 0. The molecule has 0 aromatic rings. The molecule has 0 heterocycles. The number of hydrogen-bond acceptors (Lipinski definition) is 3. The highest BCUT2D eigenvalue weighted by atomic mass is 28.4. The molecule has 0 unspecified atom stereocenters. The maximum Gasteiger partial charge on any atom is 0.628 e. The summed E-state index contributed by atoms with van der Waals surface area (Å²) in [6.45, 7) is 12.5. The van der Waals surface area contributed by atoms with Crippen LogP contribution in [0.5, 0.6) is 0 Å². The Kier molecular flexibility index (Phi) is 4.06. The van der Waals surface area contributed by atoms with Crippen LogP contribution in [0.15, 0.2) is 24.7 Å². The van der Waals surface area contributed by atoms with Crippen molar-refractivity contribution in [1.29, 1.82) is 0 Å². The summed E-state index contributed by atoms with van der Waals surface area (Å²) in [6, 6.07) is 0. The molecule has 0 rings (SSSR count). The van der Waals surface area contributed by atoms with Crippen molar-refractivity contribution in [3.8, 4) is 0 Å². The minimum atomic E-state index is -2.55. The van der Waals surface area contributed by atoms with Gasteiger partial charge in [0.2, 0.25) is 0 Å². The highest BCUT2D eigenvalue weighted by Gasteiger charge is 2.37. The van der Waals surface area contributed by atoms with E-state index < -0.39 is 8.80 Å². The van der Waals surface area contributed by atoms with Crippen molar-refractivity contribution in [2.24, 2.45) is 0 Å². The monoisotopic (exact) mass is 188 g/mol. The van der Waals surface area contributed by atoms with Crippen molar-refractivity contribution in [2.75, 3.05) is 7.11 Å². The smallest absolute Gasteiger partial charge is 0.497 e. The van der Waals surface area contributed by atoms with Gasteiger partial charge in [-0.3, -0.25) is 0 Å². The van der Waals surface area contributed by atoms with E-state index in [1.54, 1.807) is 27.5 Å². The van der Waals surface area contributed by atoms with Gasteiger partial charge in [-0.25, -0.2) is 0 Å². The summed E-state index contributed by atoms with van der Waals surface area (Å²) in [5.74, 6) is 1.18. The van der Waals surface area contributed by atoms with Gasteiger partial charge in [-0.15, -0.1) is 0 Å². The Bertz CT molecular complexity index is 173. The van der Waals surface area contributed by atoms with Gasteiger partial charge in [-0.05, 0) is 13.8 Å². The Labute approximate surface area is 75.0 Å². The quantitative estimate of drug-likeness (QED) is 0.489. The molecule has 0 aliphatic carbocycles. The maximum absolute atomic E-state index is 5.34. The third kappa shape index (κ3) is 4.20. The van der Waals surface area contributed by atoms with E-state index in [0.717, 1.165) is 0 Å². The van der Waals surface area contributed by atoms with Gasteiger partial charge in [0.25, 0.3) is 0 Å². The molecule has 0 N–H and O–H groups in total. The van der Waals surface area contributed by atoms with Crippen LogP contribution in [-0.4, -0.2) is 15.9 Å². The van der Waals surface area contributed by atoms with E-state index in [0.29, 0.717) is 11.5 Å². The van der Waals surface area contributed by atoms with Gasteiger partial charge < -0.3 is 13.3 Å². The number of hydrogen-bond donors (Lipinski definition) is 0. The number of allylic oxidation sites excluding steroid dienone is 2. The SMILES string of the molecule is C=C(C)O[Si](C)(OC)OC(=C)C.